The summed E-state index contributed by atoms with van der Waals surface area (Å²) in [5.41, 5.74) is 15.9. The van der Waals surface area contributed by atoms with Crippen LogP contribution in [0.5, 0.6) is 0 Å². The number of nitrogens with two attached hydrogens (primary N) is 2. The van der Waals surface area contributed by atoms with Crippen LogP contribution < -0.4 is 16.8 Å². The molecule has 0 aliphatic carbocycles. The molecular formula is C21H28N6O. The van der Waals surface area contributed by atoms with Crippen molar-refractivity contribution < 1.29 is 4.79 Å². The van der Waals surface area contributed by atoms with Crippen molar-refractivity contribution in [3.63, 3.8) is 0 Å². The topological polar surface area (TPSA) is 100.0 Å². The molecule has 0 saturated carbocycles. The summed E-state index contributed by atoms with van der Waals surface area (Å²) in [6, 6.07) is 13.1. The molecule has 7 heteroatoms. The Morgan fingerprint density at radius 3 is 2.46 bits per heavy atom. The lowest BCUT2D eigenvalue weighted by atomic mass is 9.97. The van der Waals surface area contributed by atoms with E-state index in [4.69, 9.17) is 16.5 Å². The minimum Gasteiger partial charge on any atom is -0.399 e. The Morgan fingerprint density at radius 1 is 1.14 bits per heavy atom. The van der Waals surface area contributed by atoms with Crippen LogP contribution in [-0.4, -0.2) is 42.3 Å². The van der Waals surface area contributed by atoms with E-state index in [2.05, 4.69) is 17.1 Å². The third kappa shape index (κ3) is 4.19. The number of hydrogen-bond donors (Lipinski definition) is 3. The maximum atomic E-state index is 12.7. The highest BCUT2D eigenvalue weighted by Gasteiger charge is 2.31. The molecule has 7 nitrogen and oxygen atoms in total. The Labute approximate surface area is 166 Å². The monoisotopic (exact) mass is 380 g/mol. The van der Waals surface area contributed by atoms with Gasteiger partial charge < -0.3 is 26.6 Å². The van der Waals surface area contributed by atoms with E-state index < -0.39 is 0 Å². The number of nitrogen functional groups attached to an aromatic ring is 2. The van der Waals surface area contributed by atoms with Crippen LogP contribution in [0.4, 0.5) is 17.1 Å². The lowest BCUT2D eigenvalue weighted by molar-refractivity contribution is -0.122. The fourth-order valence-electron chi connectivity index (χ4n) is 3.44. The quantitative estimate of drug-likeness (QED) is 0.692. The highest BCUT2D eigenvalue weighted by atomic mass is 16.1. The van der Waals surface area contributed by atoms with Gasteiger partial charge >= 0.3 is 0 Å². The maximum absolute atomic E-state index is 12.7. The Balaban J connectivity index is 1.79. The molecule has 3 rings (SSSR count). The lowest BCUT2D eigenvalue weighted by Crippen LogP contribution is -2.45. The largest absolute Gasteiger partial charge is 0.399 e. The normalized spacial score (nSPS) is 15.6. The molecule has 0 aromatic heterocycles. The van der Waals surface area contributed by atoms with Gasteiger partial charge in [0.1, 0.15) is 0 Å². The molecule has 0 bridgehead atoms. The Kier molecular flexibility index (Phi) is 5.73. The fourth-order valence-corrected chi connectivity index (χ4v) is 3.44. The Morgan fingerprint density at radius 2 is 1.82 bits per heavy atom. The summed E-state index contributed by atoms with van der Waals surface area (Å²) in [5, 5.41) is 3.01. The number of nitrogens with one attached hydrogen (secondary N) is 1. The molecule has 0 fully saturated rings. The molecule has 28 heavy (non-hydrogen) atoms. The summed E-state index contributed by atoms with van der Waals surface area (Å²) < 4.78 is 0. The van der Waals surface area contributed by atoms with Crippen LogP contribution >= 0.6 is 0 Å². The summed E-state index contributed by atoms with van der Waals surface area (Å²) >= 11 is 0. The Hall–Kier alpha value is -3.22. The first kappa shape index (κ1) is 19.5. The zero-order valence-electron chi connectivity index (χ0n) is 16.6. The molecule has 1 atom stereocenters. The van der Waals surface area contributed by atoms with Crippen LogP contribution in [0.3, 0.4) is 0 Å². The Bertz CT molecular complexity index is 875. The zero-order chi connectivity index (χ0) is 20.3. The molecule has 1 aliphatic rings. The van der Waals surface area contributed by atoms with Gasteiger partial charge in [0.05, 0.1) is 18.2 Å². The van der Waals surface area contributed by atoms with E-state index in [0.717, 1.165) is 29.3 Å². The smallest absolute Gasteiger partial charge is 0.222 e. The van der Waals surface area contributed by atoms with Gasteiger partial charge in [0, 0.05) is 44.1 Å². The number of guanidine groups is 1. The molecule has 0 saturated heterocycles. The summed E-state index contributed by atoms with van der Waals surface area (Å²) in [4.78, 5) is 21.6. The molecule has 0 radical (unpaired) electrons. The third-order valence-corrected chi connectivity index (χ3v) is 4.86. The van der Waals surface area contributed by atoms with E-state index in [1.165, 1.54) is 0 Å². The van der Waals surface area contributed by atoms with Crippen LogP contribution in [0.2, 0.25) is 0 Å². The second-order valence-corrected chi connectivity index (χ2v) is 7.15. The fraction of sp³-hybridized carbons (Fsp3) is 0.333. The second-order valence-electron chi connectivity index (χ2n) is 7.15. The predicted octanol–water partition coefficient (Wildman–Crippen LogP) is 2.48. The van der Waals surface area contributed by atoms with E-state index in [1.807, 2.05) is 61.5 Å². The molecule has 148 valence electrons. The van der Waals surface area contributed by atoms with Gasteiger partial charge in [-0.15, -0.1) is 0 Å². The predicted molar refractivity (Wildman–Crippen MR) is 114 cm³/mol. The van der Waals surface area contributed by atoms with E-state index in [-0.39, 0.29) is 11.9 Å². The van der Waals surface area contributed by atoms with Gasteiger partial charge in [-0.25, -0.2) is 4.99 Å². The van der Waals surface area contributed by atoms with Crippen LogP contribution in [-0.2, 0) is 11.3 Å². The molecule has 2 aromatic carbocycles. The minimum absolute atomic E-state index is 0.0111. The SMILES string of the molecule is CCN1C(N(C)C)=Nc2cc(N)ccc2C1CC(=O)NCc1ccc(N)cc1. The summed E-state index contributed by atoms with van der Waals surface area (Å²) in [5.74, 6) is 0.819. The van der Waals surface area contributed by atoms with Crippen LogP contribution in [0.1, 0.15) is 30.5 Å². The van der Waals surface area contributed by atoms with E-state index in [9.17, 15) is 4.79 Å². The number of carbonyl (C=O) groups is 1. The van der Waals surface area contributed by atoms with Crippen LogP contribution in [0.25, 0.3) is 0 Å². The van der Waals surface area contributed by atoms with Crippen molar-refractivity contribution in [3.8, 4) is 0 Å². The molecule has 1 heterocycles. The molecule has 1 unspecified atom stereocenters. The van der Waals surface area contributed by atoms with Gasteiger partial charge in [0.2, 0.25) is 11.9 Å². The zero-order valence-corrected chi connectivity index (χ0v) is 16.6. The van der Waals surface area contributed by atoms with Gasteiger partial charge in [-0.1, -0.05) is 18.2 Å². The number of carbonyl (C=O) groups excluding carboxylic acids is 1. The molecule has 1 amide bonds. The van der Waals surface area contributed by atoms with Gasteiger partial charge in [0.15, 0.2) is 0 Å². The first-order valence-corrected chi connectivity index (χ1v) is 9.42. The van der Waals surface area contributed by atoms with Crippen molar-refractivity contribution in [1.82, 2.24) is 15.1 Å². The van der Waals surface area contributed by atoms with Gasteiger partial charge in [-0.2, -0.15) is 0 Å². The highest BCUT2D eigenvalue weighted by Crippen LogP contribution is 2.38. The van der Waals surface area contributed by atoms with Crippen molar-refractivity contribution in [2.45, 2.75) is 25.9 Å². The standard InChI is InChI=1S/C21H28N6O/c1-4-27-19(12-20(28)24-13-14-5-7-15(22)8-6-14)17-10-9-16(23)11-18(17)25-21(27)26(2)3/h5-11,19H,4,12-13,22-23H2,1-3H3,(H,24,28). The molecular weight excluding hydrogens is 352 g/mol. The number of aliphatic imine (C=N–C) groups is 1. The molecule has 1 aliphatic heterocycles. The minimum atomic E-state index is -0.0954. The first-order valence-electron chi connectivity index (χ1n) is 9.42. The van der Waals surface area contributed by atoms with Gasteiger partial charge in [-0.3, -0.25) is 4.79 Å². The van der Waals surface area contributed by atoms with Gasteiger partial charge in [-0.05, 0) is 36.8 Å². The number of amides is 1. The van der Waals surface area contributed by atoms with Crippen molar-refractivity contribution in [2.75, 3.05) is 32.1 Å². The van der Waals surface area contributed by atoms with Crippen molar-refractivity contribution >= 4 is 28.9 Å². The van der Waals surface area contributed by atoms with E-state index in [0.29, 0.717) is 24.3 Å². The number of anilines is 2. The third-order valence-electron chi connectivity index (χ3n) is 4.86. The van der Waals surface area contributed by atoms with Crippen LogP contribution in [0, 0.1) is 0 Å². The van der Waals surface area contributed by atoms with Crippen molar-refractivity contribution in [3.05, 3.63) is 53.6 Å². The second kappa shape index (κ2) is 8.21. The average molecular weight is 380 g/mol. The van der Waals surface area contributed by atoms with E-state index in [1.54, 1.807) is 0 Å². The number of benzene rings is 2. The summed E-state index contributed by atoms with van der Waals surface area (Å²) in [6.07, 6.45) is 0.340. The average Bonchev–Trinajstić information content (AvgIpc) is 2.66. The maximum Gasteiger partial charge on any atom is 0.222 e. The van der Waals surface area contributed by atoms with Gasteiger partial charge in [0.25, 0.3) is 0 Å². The molecule has 2 aromatic rings. The molecule has 5 N–H and O–H groups in total. The van der Waals surface area contributed by atoms with Crippen molar-refractivity contribution in [1.29, 1.82) is 0 Å². The number of hydrogen-bond acceptors (Lipinski definition) is 6. The van der Waals surface area contributed by atoms with E-state index >= 15 is 0 Å². The molecule has 0 spiro atoms. The lowest BCUT2D eigenvalue weighted by Gasteiger charge is -2.39. The first-order chi connectivity index (χ1) is 13.4. The summed E-state index contributed by atoms with van der Waals surface area (Å²) in [7, 11) is 3.91. The van der Waals surface area contributed by atoms with Crippen molar-refractivity contribution in [2.24, 2.45) is 4.99 Å². The number of fused-ring (bicyclic) bond motifs is 1. The number of rotatable bonds is 5. The van der Waals surface area contributed by atoms with Crippen LogP contribution in [0.15, 0.2) is 47.5 Å². The highest BCUT2D eigenvalue weighted by molar-refractivity contribution is 5.87. The number of nitrogens with zero attached hydrogens (tertiary/aromatic N) is 3. The summed E-state index contributed by atoms with van der Waals surface area (Å²) in [6.45, 7) is 3.29.